The van der Waals surface area contributed by atoms with E-state index in [1.54, 1.807) is 6.08 Å². The van der Waals surface area contributed by atoms with Gasteiger partial charge in [-0.3, -0.25) is 0 Å². The van der Waals surface area contributed by atoms with Crippen LogP contribution >= 0.6 is 31.9 Å². The van der Waals surface area contributed by atoms with E-state index in [0.717, 1.165) is 27.0 Å². The summed E-state index contributed by atoms with van der Waals surface area (Å²) < 4.78 is 0.889. The van der Waals surface area contributed by atoms with Gasteiger partial charge < -0.3 is 5.11 Å². The van der Waals surface area contributed by atoms with Crippen molar-refractivity contribution >= 4 is 43.9 Å². The van der Waals surface area contributed by atoms with E-state index < -0.39 is 5.97 Å². The van der Waals surface area contributed by atoms with E-state index in [1.165, 1.54) is 0 Å². The van der Waals surface area contributed by atoms with Crippen molar-refractivity contribution in [3.63, 3.8) is 0 Å². The zero-order valence-corrected chi connectivity index (χ0v) is 10.4. The molecule has 14 heavy (non-hydrogen) atoms. The maximum atomic E-state index is 10.3. The molecule has 0 spiro atoms. The molecule has 0 radical (unpaired) electrons. The Morgan fingerprint density at radius 1 is 1.50 bits per heavy atom. The van der Waals surface area contributed by atoms with Crippen molar-refractivity contribution in [1.82, 2.24) is 0 Å². The van der Waals surface area contributed by atoms with Gasteiger partial charge in [-0.25, -0.2) is 4.79 Å². The zero-order chi connectivity index (χ0) is 10.6. The highest BCUT2D eigenvalue weighted by atomic mass is 79.9. The summed E-state index contributed by atoms with van der Waals surface area (Å²) in [5, 5.41) is 9.24. The monoisotopic (exact) mass is 318 g/mol. The van der Waals surface area contributed by atoms with Crippen LogP contribution in [0.1, 0.15) is 11.1 Å². The van der Waals surface area contributed by atoms with Crippen LogP contribution < -0.4 is 0 Å². The van der Waals surface area contributed by atoms with Crippen LogP contribution in [0.5, 0.6) is 0 Å². The molecule has 2 nitrogen and oxygen atoms in total. The molecule has 0 atom stereocenters. The first-order valence-corrected chi connectivity index (χ1v) is 5.80. The van der Waals surface area contributed by atoms with Crippen molar-refractivity contribution in [3.05, 3.63) is 39.9 Å². The van der Waals surface area contributed by atoms with Gasteiger partial charge >= 0.3 is 5.97 Å². The molecule has 0 heterocycles. The molecule has 1 N–H and O–H groups in total. The number of hydrogen-bond acceptors (Lipinski definition) is 1. The smallest absolute Gasteiger partial charge is 0.328 e. The lowest BCUT2D eigenvalue weighted by Crippen LogP contribution is -1.87. The summed E-state index contributed by atoms with van der Waals surface area (Å²) in [6.07, 6.45) is 2.69. The molecule has 0 bridgehead atoms. The first-order chi connectivity index (χ1) is 6.63. The van der Waals surface area contributed by atoms with E-state index in [4.69, 9.17) is 5.11 Å². The highest BCUT2D eigenvalue weighted by Gasteiger charge is 1.98. The van der Waals surface area contributed by atoms with Crippen molar-refractivity contribution in [2.75, 3.05) is 0 Å². The fourth-order valence-corrected chi connectivity index (χ4v) is 1.69. The van der Waals surface area contributed by atoms with Gasteiger partial charge in [0.2, 0.25) is 0 Å². The Bertz CT molecular complexity index is 372. The maximum Gasteiger partial charge on any atom is 0.328 e. The maximum absolute atomic E-state index is 10.3. The molecule has 74 valence electrons. The second-order valence-corrected chi connectivity index (χ2v) is 4.08. The largest absolute Gasteiger partial charge is 0.478 e. The summed E-state index contributed by atoms with van der Waals surface area (Å²) in [5.74, 6) is -0.943. The van der Waals surface area contributed by atoms with Gasteiger partial charge in [0.05, 0.1) is 0 Å². The van der Waals surface area contributed by atoms with Crippen molar-refractivity contribution < 1.29 is 9.90 Å². The number of halogens is 2. The summed E-state index contributed by atoms with van der Waals surface area (Å²) in [4.78, 5) is 10.3. The minimum atomic E-state index is -0.943. The Morgan fingerprint density at radius 2 is 2.21 bits per heavy atom. The van der Waals surface area contributed by atoms with Gasteiger partial charge in [-0.15, -0.1) is 0 Å². The van der Waals surface area contributed by atoms with E-state index in [9.17, 15) is 4.79 Å². The van der Waals surface area contributed by atoms with Crippen LogP contribution in [0, 0.1) is 0 Å². The van der Waals surface area contributed by atoms with Crippen LogP contribution in [0.3, 0.4) is 0 Å². The molecule has 1 aromatic carbocycles. The van der Waals surface area contributed by atoms with E-state index in [0.29, 0.717) is 0 Å². The van der Waals surface area contributed by atoms with Gasteiger partial charge in [-0.2, -0.15) is 0 Å². The van der Waals surface area contributed by atoms with Crippen molar-refractivity contribution in [1.29, 1.82) is 0 Å². The number of rotatable bonds is 3. The Morgan fingerprint density at radius 3 is 2.79 bits per heavy atom. The average Bonchev–Trinajstić information content (AvgIpc) is 2.16. The number of hydrogen-bond donors (Lipinski definition) is 1. The van der Waals surface area contributed by atoms with Crippen molar-refractivity contribution in [2.24, 2.45) is 0 Å². The fourth-order valence-electron chi connectivity index (χ4n) is 0.965. The predicted octanol–water partition coefficient (Wildman–Crippen LogP) is 3.44. The molecule has 0 fully saturated rings. The third kappa shape index (κ3) is 3.27. The third-order valence-electron chi connectivity index (χ3n) is 1.62. The predicted molar refractivity (Wildman–Crippen MR) is 63.4 cm³/mol. The number of carboxylic acid groups (broad SMARTS) is 1. The second-order valence-electron chi connectivity index (χ2n) is 2.66. The van der Waals surface area contributed by atoms with Gasteiger partial charge in [0.1, 0.15) is 0 Å². The van der Waals surface area contributed by atoms with E-state index in [1.807, 2.05) is 18.2 Å². The second kappa shape index (κ2) is 5.32. The average molecular weight is 320 g/mol. The van der Waals surface area contributed by atoms with Gasteiger partial charge in [0, 0.05) is 15.9 Å². The van der Waals surface area contributed by atoms with Gasteiger partial charge in [0.15, 0.2) is 0 Å². The molecule has 1 rings (SSSR count). The van der Waals surface area contributed by atoms with Crippen molar-refractivity contribution in [3.8, 4) is 0 Å². The van der Waals surface area contributed by atoms with E-state index >= 15 is 0 Å². The van der Waals surface area contributed by atoms with Crippen LogP contribution in [0.25, 0.3) is 6.08 Å². The molecular formula is C10H8Br2O2. The molecular weight excluding hydrogens is 312 g/mol. The summed E-state index contributed by atoms with van der Waals surface area (Å²) in [5.41, 5.74) is 1.97. The quantitative estimate of drug-likeness (QED) is 0.684. The number of carbonyl (C=O) groups is 1. The van der Waals surface area contributed by atoms with E-state index in [2.05, 4.69) is 31.9 Å². The van der Waals surface area contributed by atoms with Crippen LogP contribution in [0.15, 0.2) is 28.7 Å². The standard InChI is InChI=1S/C10H8Br2O2/c11-6-7-1-3-9(12)8(5-7)2-4-10(13)14/h1-5H,6H2,(H,13,14)/b4-2+. The highest BCUT2D eigenvalue weighted by molar-refractivity contribution is 9.10. The van der Waals surface area contributed by atoms with Crippen LogP contribution in [0.4, 0.5) is 0 Å². The molecule has 0 aliphatic carbocycles. The van der Waals surface area contributed by atoms with Crippen LogP contribution in [0.2, 0.25) is 0 Å². The molecule has 0 amide bonds. The number of aliphatic carboxylic acids is 1. The van der Waals surface area contributed by atoms with Crippen molar-refractivity contribution in [2.45, 2.75) is 5.33 Å². The lowest BCUT2D eigenvalue weighted by molar-refractivity contribution is -0.131. The number of carboxylic acids is 1. The van der Waals surface area contributed by atoms with Crippen LogP contribution in [-0.2, 0) is 10.1 Å². The SMILES string of the molecule is O=C(O)/C=C/c1cc(CBr)ccc1Br. The Hall–Kier alpha value is -0.610. The number of alkyl halides is 1. The molecule has 0 saturated heterocycles. The Kier molecular flexibility index (Phi) is 4.35. The topological polar surface area (TPSA) is 37.3 Å². The highest BCUT2D eigenvalue weighted by Crippen LogP contribution is 2.20. The first kappa shape index (κ1) is 11.5. The minimum Gasteiger partial charge on any atom is -0.478 e. The van der Waals surface area contributed by atoms with Gasteiger partial charge in [0.25, 0.3) is 0 Å². The fraction of sp³-hybridized carbons (Fsp3) is 0.100. The zero-order valence-electron chi connectivity index (χ0n) is 7.21. The van der Waals surface area contributed by atoms with Gasteiger partial charge in [-0.05, 0) is 29.3 Å². The lowest BCUT2D eigenvalue weighted by atomic mass is 10.1. The summed E-state index contributed by atoms with van der Waals surface area (Å²) in [6.45, 7) is 0. The van der Waals surface area contributed by atoms with Gasteiger partial charge in [-0.1, -0.05) is 37.9 Å². The summed E-state index contributed by atoms with van der Waals surface area (Å²) in [7, 11) is 0. The molecule has 0 saturated carbocycles. The Balaban J connectivity index is 3.00. The van der Waals surface area contributed by atoms with Crippen LogP contribution in [-0.4, -0.2) is 11.1 Å². The third-order valence-corrected chi connectivity index (χ3v) is 2.99. The Labute approximate surface area is 98.9 Å². The summed E-state index contributed by atoms with van der Waals surface area (Å²) in [6, 6.07) is 5.80. The molecule has 0 aliphatic heterocycles. The lowest BCUT2D eigenvalue weighted by Gasteiger charge is -2.00. The van der Waals surface area contributed by atoms with E-state index in [-0.39, 0.29) is 0 Å². The number of benzene rings is 1. The normalized spacial score (nSPS) is 10.7. The first-order valence-electron chi connectivity index (χ1n) is 3.89. The molecule has 0 aromatic heterocycles. The minimum absolute atomic E-state index is 0.758. The molecule has 0 aliphatic rings. The summed E-state index contributed by atoms with van der Waals surface area (Å²) >= 11 is 6.69. The molecule has 1 aromatic rings. The molecule has 4 heteroatoms. The molecule has 0 unspecified atom stereocenters.